The van der Waals surface area contributed by atoms with Gasteiger partial charge in [0.2, 0.25) is 0 Å². The predicted molar refractivity (Wildman–Crippen MR) is 59.4 cm³/mol. The van der Waals surface area contributed by atoms with Gasteiger partial charge in [-0.05, 0) is 32.1 Å². The fraction of sp³-hybridized carbons (Fsp3) is 0.462. The van der Waals surface area contributed by atoms with E-state index < -0.39 is 0 Å². The molecule has 0 heterocycles. The highest BCUT2D eigenvalue weighted by Gasteiger charge is 1.89. The molecule has 0 spiro atoms. The molecule has 0 bridgehead atoms. The fourth-order valence-corrected chi connectivity index (χ4v) is 1.39. The highest BCUT2D eigenvalue weighted by Crippen LogP contribution is 2.07. The van der Waals surface area contributed by atoms with E-state index in [0.717, 1.165) is 0 Å². The Morgan fingerprint density at radius 2 is 1.23 bits per heavy atom. The second-order valence-electron chi connectivity index (χ2n) is 3.39. The number of rotatable bonds is 0. The molecule has 0 heteroatoms. The van der Waals surface area contributed by atoms with Crippen molar-refractivity contribution in [3.8, 4) is 0 Å². The average Bonchev–Trinajstić information content (AvgIpc) is 2.18. The SMILES string of the molecule is [CH]1CC/C=C/C=C\C=C\CCCC1. The monoisotopic (exact) mass is 175 g/mol. The lowest BCUT2D eigenvalue weighted by Crippen LogP contribution is -1.78. The molecule has 1 rings (SSSR count). The highest BCUT2D eigenvalue weighted by atomic mass is 13.9. The average molecular weight is 175 g/mol. The summed E-state index contributed by atoms with van der Waals surface area (Å²) in [5.74, 6) is 0. The van der Waals surface area contributed by atoms with E-state index in [-0.39, 0.29) is 0 Å². The van der Waals surface area contributed by atoms with Gasteiger partial charge in [-0.2, -0.15) is 0 Å². The zero-order valence-corrected chi connectivity index (χ0v) is 8.28. The summed E-state index contributed by atoms with van der Waals surface area (Å²) < 4.78 is 0. The third-order valence-corrected chi connectivity index (χ3v) is 2.17. The molecule has 0 saturated carbocycles. The van der Waals surface area contributed by atoms with Gasteiger partial charge in [-0.3, -0.25) is 0 Å². The Kier molecular flexibility index (Phi) is 6.22. The Morgan fingerprint density at radius 1 is 0.538 bits per heavy atom. The molecule has 0 atom stereocenters. The lowest BCUT2D eigenvalue weighted by atomic mass is 10.1. The van der Waals surface area contributed by atoms with Crippen LogP contribution in [0.2, 0.25) is 0 Å². The Hall–Kier alpha value is -0.780. The van der Waals surface area contributed by atoms with Crippen molar-refractivity contribution in [1.29, 1.82) is 0 Å². The van der Waals surface area contributed by atoms with Gasteiger partial charge in [0.1, 0.15) is 0 Å². The molecular weight excluding hydrogens is 156 g/mol. The van der Waals surface area contributed by atoms with Crippen LogP contribution in [0.3, 0.4) is 0 Å². The molecule has 0 nitrogen and oxygen atoms in total. The van der Waals surface area contributed by atoms with Gasteiger partial charge in [-0.15, -0.1) is 0 Å². The van der Waals surface area contributed by atoms with Crippen molar-refractivity contribution in [2.45, 2.75) is 38.5 Å². The molecule has 0 N–H and O–H groups in total. The smallest absolute Gasteiger partial charge is 0.0345 e. The van der Waals surface area contributed by atoms with Gasteiger partial charge in [0.05, 0.1) is 0 Å². The van der Waals surface area contributed by atoms with Gasteiger partial charge in [0.15, 0.2) is 0 Å². The van der Waals surface area contributed by atoms with Crippen LogP contribution in [0.5, 0.6) is 0 Å². The van der Waals surface area contributed by atoms with E-state index in [1.165, 1.54) is 38.5 Å². The van der Waals surface area contributed by atoms with Crippen molar-refractivity contribution in [3.63, 3.8) is 0 Å². The molecule has 0 aromatic heterocycles. The van der Waals surface area contributed by atoms with Crippen LogP contribution in [0.15, 0.2) is 36.5 Å². The molecule has 13 heavy (non-hydrogen) atoms. The number of hydrogen-bond donors (Lipinski definition) is 0. The fourth-order valence-electron chi connectivity index (χ4n) is 1.39. The minimum atomic E-state index is 1.19. The Bertz CT molecular complexity index is 164. The van der Waals surface area contributed by atoms with Crippen LogP contribution >= 0.6 is 0 Å². The van der Waals surface area contributed by atoms with Crippen LogP contribution in [-0.2, 0) is 0 Å². The van der Waals surface area contributed by atoms with Crippen molar-refractivity contribution in [2.24, 2.45) is 0 Å². The van der Waals surface area contributed by atoms with E-state index in [4.69, 9.17) is 0 Å². The maximum Gasteiger partial charge on any atom is -0.0345 e. The molecule has 1 aliphatic rings. The summed E-state index contributed by atoms with van der Waals surface area (Å²) >= 11 is 0. The van der Waals surface area contributed by atoms with E-state index in [9.17, 15) is 0 Å². The summed E-state index contributed by atoms with van der Waals surface area (Å²) in [5, 5.41) is 0. The first-order valence-corrected chi connectivity index (χ1v) is 5.30. The third kappa shape index (κ3) is 6.39. The normalized spacial score (nSPS) is 27.7. The first-order valence-electron chi connectivity index (χ1n) is 5.30. The highest BCUT2D eigenvalue weighted by molar-refractivity contribution is 5.11. The van der Waals surface area contributed by atoms with Gasteiger partial charge in [-0.25, -0.2) is 0 Å². The molecular formula is C13H19. The molecule has 0 aromatic rings. The van der Waals surface area contributed by atoms with Crippen molar-refractivity contribution in [1.82, 2.24) is 0 Å². The van der Waals surface area contributed by atoms with E-state index in [1.54, 1.807) is 0 Å². The Labute approximate surface area is 82.0 Å². The van der Waals surface area contributed by atoms with Crippen LogP contribution in [0.1, 0.15) is 38.5 Å². The van der Waals surface area contributed by atoms with Crippen LogP contribution in [0.4, 0.5) is 0 Å². The van der Waals surface area contributed by atoms with Gasteiger partial charge in [0.25, 0.3) is 0 Å². The molecule has 0 saturated heterocycles. The summed E-state index contributed by atoms with van der Waals surface area (Å²) in [5.41, 5.74) is 0. The summed E-state index contributed by atoms with van der Waals surface area (Å²) in [6.07, 6.45) is 23.0. The number of allylic oxidation sites excluding steroid dienone is 6. The summed E-state index contributed by atoms with van der Waals surface area (Å²) in [6, 6.07) is 0. The lowest BCUT2D eigenvalue weighted by molar-refractivity contribution is 0.715. The molecule has 0 unspecified atom stereocenters. The predicted octanol–water partition coefficient (Wildman–Crippen LogP) is 4.21. The van der Waals surface area contributed by atoms with Crippen molar-refractivity contribution in [3.05, 3.63) is 42.9 Å². The first kappa shape index (κ1) is 10.3. The van der Waals surface area contributed by atoms with Crippen molar-refractivity contribution in [2.75, 3.05) is 0 Å². The standard InChI is InChI=1S/C13H19/c1-2-4-6-8-10-12-13-11-9-7-5-3-1/h1-6,11H,7-10,12-13H2/b2-1-,5-3+,6-4+. The second-order valence-corrected chi connectivity index (χ2v) is 3.39. The van der Waals surface area contributed by atoms with Crippen LogP contribution in [0, 0.1) is 6.42 Å². The van der Waals surface area contributed by atoms with Gasteiger partial charge >= 0.3 is 0 Å². The van der Waals surface area contributed by atoms with Crippen molar-refractivity contribution < 1.29 is 0 Å². The van der Waals surface area contributed by atoms with E-state index >= 15 is 0 Å². The van der Waals surface area contributed by atoms with Gasteiger partial charge in [-0.1, -0.05) is 49.3 Å². The second kappa shape index (κ2) is 7.85. The minimum absolute atomic E-state index is 1.19. The largest absolute Gasteiger partial charge is 0.0845 e. The molecule has 71 valence electrons. The van der Waals surface area contributed by atoms with Gasteiger partial charge in [0, 0.05) is 0 Å². The van der Waals surface area contributed by atoms with Crippen LogP contribution < -0.4 is 0 Å². The topological polar surface area (TPSA) is 0 Å². The molecule has 1 aliphatic carbocycles. The molecule has 0 aliphatic heterocycles. The molecule has 0 amide bonds. The zero-order chi connectivity index (χ0) is 9.19. The van der Waals surface area contributed by atoms with Crippen LogP contribution in [-0.4, -0.2) is 0 Å². The van der Waals surface area contributed by atoms with Crippen molar-refractivity contribution >= 4 is 0 Å². The number of hydrogen-bond acceptors (Lipinski definition) is 0. The van der Waals surface area contributed by atoms with E-state index in [1.807, 2.05) is 0 Å². The van der Waals surface area contributed by atoms with Crippen LogP contribution in [0.25, 0.3) is 0 Å². The van der Waals surface area contributed by atoms with E-state index in [0.29, 0.717) is 0 Å². The molecule has 1 radical (unpaired) electrons. The van der Waals surface area contributed by atoms with E-state index in [2.05, 4.69) is 42.9 Å². The zero-order valence-electron chi connectivity index (χ0n) is 8.28. The van der Waals surface area contributed by atoms with Gasteiger partial charge < -0.3 is 0 Å². The molecule has 0 fully saturated rings. The quantitative estimate of drug-likeness (QED) is 0.517. The summed E-state index contributed by atoms with van der Waals surface area (Å²) in [4.78, 5) is 0. The Morgan fingerprint density at radius 3 is 2.08 bits per heavy atom. The summed E-state index contributed by atoms with van der Waals surface area (Å²) in [7, 11) is 0. The maximum absolute atomic E-state index is 2.41. The lowest BCUT2D eigenvalue weighted by Gasteiger charge is -1.97. The Balaban J connectivity index is 2.29. The molecule has 0 aromatic carbocycles. The third-order valence-electron chi connectivity index (χ3n) is 2.17. The summed E-state index contributed by atoms with van der Waals surface area (Å²) in [6.45, 7) is 0. The maximum atomic E-state index is 2.41. The minimum Gasteiger partial charge on any atom is -0.0845 e. The first-order chi connectivity index (χ1) is 6.50.